The summed E-state index contributed by atoms with van der Waals surface area (Å²) in [5, 5.41) is 9.64. The van der Waals surface area contributed by atoms with Crippen LogP contribution in [0.5, 0.6) is 0 Å². The molecule has 0 radical (unpaired) electrons. The molecule has 21 heavy (non-hydrogen) atoms. The molecule has 1 aromatic heterocycles. The third-order valence-corrected chi connectivity index (χ3v) is 3.37. The van der Waals surface area contributed by atoms with E-state index in [0.29, 0.717) is 11.1 Å². The number of rotatable bonds is 2. The Morgan fingerprint density at radius 2 is 1.86 bits per heavy atom. The van der Waals surface area contributed by atoms with E-state index in [0.717, 1.165) is 11.1 Å². The van der Waals surface area contributed by atoms with Gasteiger partial charge in [0.05, 0.1) is 11.3 Å². The Morgan fingerprint density at radius 3 is 2.52 bits per heavy atom. The average molecular weight is 281 g/mol. The lowest BCUT2D eigenvalue weighted by molar-refractivity contribution is 0.0699. The van der Waals surface area contributed by atoms with Crippen molar-refractivity contribution < 1.29 is 14.3 Å². The van der Waals surface area contributed by atoms with Crippen molar-refractivity contribution >= 4 is 16.9 Å². The average Bonchev–Trinajstić information content (AvgIpc) is 2.47. The predicted molar refractivity (Wildman–Crippen MR) is 78.8 cm³/mol. The number of aromatic nitrogens is 1. The number of aryl methyl sites for hydroxylation is 1. The zero-order valence-electron chi connectivity index (χ0n) is 11.3. The van der Waals surface area contributed by atoms with Crippen LogP contribution in [-0.2, 0) is 0 Å². The molecular weight excluding hydrogens is 269 g/mol. The van der Waals surface area contributed by atoms with Crippen LogP contribution in [0.15, 0.2) is 48.5 Å². The molecule has 0 amide bonds. The molecule has 0 saturated heterocycles. The second kappa shape index (κ2) is 4.98. The Bertz CT molecular complexity index is 841. The van der Waals surface area contributed by atoms with Gasteiger partial charge >= 0.3 is 5.97 Å². The summed E-state index contributed by atoms with van der Waals surface area (Å²) in [6.45, 7) is 1.96. The van der Waals surface area contributed by atoms with Gasteiger partial charge in [-0.3, -0.25) is 0 Å². The van der Waals surface area contributed by atoms with Gasteiger partial charge in [-0.2, -0.15) is 0 Å². The highest BCUT2D eigenvalue weighted by atomic mass is 19.1. The molecule has 0 fully saturated rings. The fraction of sp³-hybridized carbons (Fsp3) is 0.0588. The van der Waals surface area contributed by atoms with E-state index in [1.54, 1.807) is 6.07 Å². The summed E-state index contributed by atoms with van der Waals surface area (Å²) in [6.07, 6.45) is 0. The summed E-state index contributed by atoms with van der Waals surface area (Å²) < 4.78 is 13.9. The van der Waals surface area contributed by atoms with Crippen molar-refractivity contribution in [1.29, 1.82) is 0 Å². The quantitative estimate of drug-likeness (QED) is 0.771. The molecule has 1 heterocycles. The van der Waals surface area contributed by atoms with Gasteiger partial charge in [-0.1, -0.05) is 42.0 Å². The van der Waals surface area contributed by atoms with Crippen LogP contribution in [0, 0.1) is 12.7 Å². The van der Waals surface area contributed by atoms with E-state index in [9.17, 15) is 14.3 Å². The van der Waals surface area contributed by atoms with Gasteiger partial charge in [0.15, 0.2) is 0 Å². The number of carboxylic acids is 1. The molecule has 1 N–H and O–H groups in total. The van der Waals surface area contributed by atoms with Crippen molar-refractivity contribution in [1.82, 2.24) is 4.98 Å². The molecule has 3 nitrogen and oxygen atoms in total. The largest absolute Gasteiger partial charge is 0.478 e. The molecule has 0 atom stereocenters. The van der Waals surface area contributed by atoms with Gasteiger partial charge in [0, 0.05) is 10.9 Å². The number of carbonyl (C=O) groups is 1. The van der Waals surface area contributed by atoms with Crippen LogP contribution >= 0.6 is 0 Å². The molecule has 0 bridgehead atoms. The van der Waals surface area contributed by atoms with Crippen molar-refractivity contribution in [2.45, 2.75) is 6.92 Å². The molecule has 0 saturated carbocycles. The Kier molecular flexibility index (Phi) is 3.14. The highest BCUT2D eigenvalue weighted by molar-refractivity contribution is 6.03. The lowest BCUT2D eigenvalue weighted by Gasteiger charge is -2.08. The Hall–Kier alpha value is -2.75. The summed E-state index contributed by atoms with van der Waals surface area (Å²) in [5.41, 5.74) is 2.42. The zero-order valence-corrected chi connectivity index (χ0v) is 11.3. The third kappa shape index (κ3) is 2.36. The molecule has 0 unspecified atom stereocenters. The Labute approximate surface area is 120 Å². The maximum atomic E-state index is 13.9. The molecule has 0 spiro atoms. The highest BCUT2D eigenvalue weighted by Crippen LogP contribution is 2.26. The second-order valence-corrected chi connectivity index (χ2v) is 4.86. The van der Waals surface area contributed by atoms with Crippen molar-refractivity contribution in [2.75, 3.05) is 0 Å². The minimum Gasteiger partial charge on any atom is -0.478 e. The van der Waals surface area contributed by atoms with Crippen LogP contribution in [0.3, 0.4) is 0 Å². The monoisotopic (exact) mass is 281 g/mol. The molecule has 104 valence electrons. The van der Waals surface area contributed by atoms with Crippen LogP contribution in [0.2, 0.25) is 0 Å². The van der Waals surface area contributed by atoms with Gasteiger partial charge in [0.1, 0.15) is 11.3 Å². The number of nitrogens with zero attached hydrogens (tertiary/aromatic N) is 1. The molecule has 3 rings (SSSR count). The summed E-state index contributed by atoms with van der Waals surface area (Å²) in [7, 11) is 0. The van der Waals surface area contributed by atoms with Crippen LogP contribution < -0.4 is 0 Å². The molecular formula is C17H12FNO2. The fourth-order valence-corrected chi connectivity index (χ4v) is 2.26. The van der Waals surface area contributed by atoms with Gasteiger partial charge in [-0.05, 0) is 19.1 Å². The van der Waals surface area contributed by atoms with E-state index in [-0.39, 0.29) is 11.1 Å². The van der Waals surface area contributed by atoms with Gasteiger partial charge < -0.3 is 5.11 Å². The number of para-hydroxylation sites is 1. The number of halogens is 1. The Morgan fingerprint density at radius 1 is 1.14 bits per heavy atom. The fourth-order valence-electron chi connectivity index (χ4n) is 2.26. The number of hydrogen-bond acceptors (Lipinski definition) is 2. The second-order valence-electron chi connectivity index (χ2n) is 4.86. The van der Waals surface area contributed by atoms with Crippen LogP contribution in [-0.4, -0.2) is 16.1 Å². The highest BCUT2D eigenvalue weighted by Gasteiger charge is 2.15. The topological polar surface area (TPSA) is 50.2 Å². The van der Waals surface area contributed by atoms with E-state index < -0.39 is 11.8 Å². The van der Waals surface area contributed by atoms with Crippen LogP contribution in [0.1, 0.15) is 15.9 Å². The normalized spacial score (nSPS) is 10.8. The van der Waals surface area contributed by atoms with Crippen molar-refractivity contribution in [2.24, 2.45) is 0 Å². The first-order chi connectivity index (χ1) is 10.1. The summed E-state index contributed by atoms with van der Waals surface area (Å²) >= 11 is 0. The van der Waals surface area contributed by atoms with Gasteiger partial charge in [-0.15, -0.1) is 0 Å². The Balaban J connectivity index is 2.32. The SMILES string of the molecule is Cc1ccc(-c2cc(C(=O)O)c3cccc(F)c3n2)cc1. The molecule has 2 aromatic carbocycles. The van der Waals surface area contributed by atoms with E-state index in [2.05, 4.69) is 4.98 Å². The maximum Gasteiger partial charge on any atom is 0.336 e. The molecule has 0 aliphatic carbocycles. The summed E-state index contributed by atoms with van der Waals surface area (Å²) in [6, 6.07) is 13.3. The van der Waals surface area contributed by atoms with Gasteiger partial charge in [0.2, 0.25) is 0 Å². The maximum absolute atomic E-state index is 13.9. The van der Waals surface area contributed by atoms with Gasteiger partial charge in [0.25, 0.3) is 0 Å². The predicted octanol–water partition coefficient (Wildman–Crippen LogP) is 4.05. The minimum absolute atomic E-state index is 0.0510. The number of benzene rings is 2. The number of pyridine rings is 1. The summed E-state index contributed by atoms with van der Waals surface area (Å²) in [5.74, 6) is -1.62. The molecule has 0 aliphatic rings. The minimum atomic E-state index is -1.10. The van der Waals surface area contributed by atoms with E-state index in [1.807, 2.05) is 31.2 Å². The van der Waals surface area contributed by atoms with Crippen LogP contribution in [0.25, 0.3) is 22.2 Å². The number of carboxylic acid groups (broad SMARTS) is 1. The van der Waals surface area contributed by atoms with Gasteiger partial charge in [-0.25, -0.2) is 14.2 Å². The number of fused-ring (bicyclic) bond motifs is 1. The lowest BCUT2D eigenvalue weighted by Crippen LogP contribution is -2.01. The molecule has 4 heteroatoms. The summed E-state index contributed by atoms with van der Waals surface area (Å²) in [4.78, 5) is 15.7. The molecule has 3 aromatic rings. The number of hydrogen-bond donors (Lipinski definition) is 1. The van der Waals surface area contributed by atoms with Crippen LogP contribution in [0.4, 0.5) is 4.39 Å². The van der Waals surface area contributed by atoms with E-state index in [4.69, 9.17) is 0 Å². The van der Waals surface area contributed by atoms with Crippen molar-refractivity contribution in [3.05, 3.63) is 65.5 Å². The third-order valence-electron chi connectivity index (χ3n) is 3.37. The first-order valence-electron chi connectivity index (χ1n) is 6.46. The zero-order chi connectivity index (χ0) is 15.0. The smallest absolute Gasteiger partial charge is 0.336 e. The van der Waals surface area contributed by atoms with Crippen molar-refractivity contribution in [3.8, 4) is 11.3 Å². The van der Waals surface area contributed by atoms with E-state index >= 15 is 0 Å². The first-order valence-corrected chi connectivity index (χ1v) is 6.46. The first kappa shape index (κ1) is 13.2. The lowest BCUT2D eigenvalue weighted by atomic mass is 10.0. The molecule has 0 aliphatic heterocycles. The number of aromatic carboxylic acids is 1. The van der Waals surface area contributed by atoms with E-state index in [1.165, 1.54) is 18.2 Å². The standard InChI is InChI=1S/C17H12FNO2/c1-10-5-7-11(8-6-10)15-9-13(17(20)21)12-3-2-4-14(18)16(12)19-15/h2-9H,1H3,(H,20,21). The van der Waals surface area contributed by atoms with Crippen molar-refractivity contribution in [3.63, 3.8) is 0 Å².